The highest BCUT2D eigenvalue weighted by atomic mass is 32.1. The highest BCUT2D eigenvalue weighted by Crippen LogP contribution is 2.26. The van der Waals surface area contributed by atoms with Gasteiger partial charge in [-0.15, -0.1) is 11.3 Å². The Balaban J connectivity index is 1.69. The number of nitrogens with zero attached hydrogens (tertiary/aromatic N) is 5. The van der Waals surface area contributed by atoms with Crippen LogP contribution in [0.5, 0.6) is 0 Å². The second-order valence-corrected chi connectivity index (χ2v) is 7.18. The van der Waals surface area contributed by atoms with Crippen molar-refractivity contribution in [3.8, 4) is 0 Å². The number of aromatic nitrogens is 3. The van der Waals surface area contributed by atoms with Crippen LogP contribution in [-0.4, -0.2) is 63.1 Å². The van der Waals surface area contributed by atoms with Crippen LogP contribution in [0.2, 0.25) is 0 Å². The van der Waals surface area contributed by atoms with Crippen molar-refractivity contribution in [2.24, 2.45) is 0 Å². The molecule has 7 nitrogen and oxygen atoms in total. The lowest BCUT2D eigenvalue weighted by Gasteiger charge is -2.41. The van der Waals surface area contributed by atoms with Crippen LogP contribution in [-0.2, 0) is 0 Å². The van der Waals surface area contributed by atoms with Crippen molar-refractivity contribution in [1.82, 2.24) is 19.9 Å². The molecule has 0 aromatic carbocycles. The fraction of sp³-hybridized carbons (Fsp3) is 0.500. The SMILES string of the molecule is Cc1cc(N2CCC[C@](O)(CN(C)C(=O)c3cncs3)C2)ncn1. The fourth-order valence-corrected chi connectivity index (χ4v) is 3.69. The molecule has 0 radical (unpaired) electrons. The highest BCUT2D eigenvalue weighted by molar-refractivity contribution is 7.11. The number of thiazole rings is 1. The Morgan fingerprint density at radius 2 is 2.33 bits per heavy atom. The number of carbonyl (C=O) groups excluding carboxylic acids is 1. The first-order valence-corrected chi connectivity index (χ1v) is 8.75. The smallest absolute Gasteiger partial charge is 0.265 e. The quantitative estimate of drug-likeness (QED) is 0.899. The molecule has 24 heavy (non-hydrogen) atoms. The van der Waals surface area contributed by atoms with Gasteiger partial charge in [0, 0.05) is 31.9 Å². The molecular weight excluding hydrogens is 326 g/mol. The van der Waals surface area contributed by atoms with E-state index in [-0.39, 0.29) is 12.5 Å². The van der Waals surface area contributed by atoms with Gasteiger partial charge in [-0.2, -0.15) is 0 Å². The summed E-state index contributed by atoms with van der Waals surface area (Å²) in [4.78, 5) is 28.9. The number of rotatable bonds is 4. The highest BCUT2D eigenvalue weighted by Gasteiger charge is 2.36. The van der Waals surface area contributed by atoms with Gasteiger partial charge in [-0.05, 0) is 19.8 Å². The molecule has 0 unspecified atom stereocenters. The number of aryl methyl sites for hydroxylation is 1. The van der Waals surface area contributed by atoms with Crippen molar-refractivity contribution in [3.63, 3.8) is 0 Å². The molecule has 0 saturated carbocycles. The maximum absolute atomic E-state index is 12.4. The second-order valence-electron chi connectivity index (χ2n) is 6.29. The van der Waals surface area contributed by atoms with Crippen LogP contribution < -0.4 is 4.90 Å². The summed E-state index contributed by atoms with van der Waals surface area (Å²) >= 11 is 1.31. The Bertz CT molecular complexity index is 708. The summed E-state index contributed by atoms with van der Waals surface area (Å²) in [6, 6.07) is 1.91. The third kappa shape index (κ3) is 3.70. The molecule has 1 aliphatic rings. The molecule has 3 rings (SSSR count). The number of hydrogen-bond acceptors (Lipinski definition) is 7. The number of anilines is 1. The minimum atomic E-state index is -0.952. The molecule has 2 aromatic rings. The Morgan fingerprint density at radius 1 is 1.50 bits per heavy atom. The molecule has 1 N–H and O–H groups in total. The van der Waals surface area contributed by atoms with E-state index in [9.17, 15) is 9.90 Å². The second kappa shape index (κ2) is 6.82. The molecule has 2 aromatic heterocycles. The molecule has 1 amide bonds. The van der Waals surface area contributed by atoms with Crippen molar-refractivity contribution in [2.75, 3.05) is 31.6 Å². The van der Waals surface area contributed by atoms with Crippen molar-refractivity contribution >= 4 is 23.1 Å². The number of hydrogen-bond donors (Lipinski definition) is 1. The summed E-state index contributed by atoms with van der Waals surface area (Å²) in [6.07, 6.45) is 4.61. The maximum atomic E-state index is 12.4. The van der Waals surface area contributed by atoms with Crippen LogP contribution in [0.15, 0.2) is 24.1 Å². The maximum Gasteiger partial charge on any atom is 0.265 e. The summed E-state index contributed by atoms with van der Waals surface area (Å²) in [5.74, 6) is 0.706. The Morgan fingerprint density at radius 3 is 3.04 bits per heavy atom. The van der Waals surface area contributed by atoms with E-state index in [1.165, 1.54) is 17.7 Å². The summed E-state index contributed by atoms with van der Waals surface area (Å²) in [5.41, 5.74) is 1.58. The predicted molar refractivity (Wildman–Crippen MR) is 92.2 cm³/mol. The average molecular weight is 347 g/mol. The molecule has 0 bridgehead atoms. The third-order valence-corrected chi connectivity index (χ3v) is 4.95. The average Bonchev–Trinajstić information content (AvgIpc) is 3.08. The van der Waals surface area contributed by atoms with Crippen LogP contribution in [0.1, 0.15) is 28.2 Å². The van der Waals surface area contributed by atoms with Crippen LogP contribution >= 0.6 is 11.3 Å². The van der Waals surface area contributed by atoms with Gasteiger partial charge in [0.15, 0.2) is 0 Å². The molecule has 0 spiro atoms. The van der Waals surface area contributed by atoms with E-state index in [4.69, 9.17) is 0 Å². The Labute approximate surface area is 145 Å². The predicted octanol–water partition coefficient (Wildman–Crippen LogP) is 1.35. The zero-order valence-corrected chi connectivity index (χ0v) is 14.7. The van der Waals surface area contributed by atoms with Gasteiger partial charge >= 0.3 is 0 Å². The zero-order valence-electron chi connectivity index (χ0n) is 13.8. The van der Waals surface area contributed by atoms with E-state index < -0.39 is 5.60 Å². The summed E-state index contributed by atoms with van der Waals surface area (Å²) in [6.45, 7) is 3.49. The number of amides is 1. The molecule has 1 fully saturated rings. The van der Waals surface area contributed by atoms with Gasteiger partial charge in [0.2, 0.25) is 0 Å². The standard InChI is InChI=1S/C16H21N5O2S/c1-12-6-14(19-10-18-12)21-5-3-4-16(23,9-21)8-20(2)15(22)13-7-17-11-24-13/h6-7,10-11,23H,3-5,8-9H2,1-2H3/t16-/m0/s1. The lowest BCUT2D eigenvalue weighted by molar-refractivity contribution is -0.0000241. The fourth-order valence-electron chi connectivity index (χ4n) is 3.07. The summed E-state index contributed by atoms with van der Waals surface area (Å²) < 4.78 is 0. The first-order chi connectivity index (χ1) is 11.5. The Kier molecular flexibility index (Phi) is 4.77. The lowest BCUT2D eigenvalue weighted by Crippen LogP contribution is -2.54. The third-order valence-electron chi connectivity index (χ3n) is 4.19. The van der Waals surface area contributed by atoms with Crippen LogP contribution in [0.25, 0.3) is 0 Å². The van der Waals surface area contributed by atoms with Gasteiger partial charge in [-0.1, -0.05) is 0 Å². The van der Waals surface area contributed by atoms with Gasteiger partial charge < -0.3 is 14.9 Å². The molecule has 8 heteroatoms. The van der Waals surface area contributed by atoms with Crippen molar-refractivity contribution in [3.05, 3.63) is 34.7 Å². The molecule has 1 saturated heterocycles. The summed E-state index contributed by atoms with van der Waals surface area (Å²) in [5, 5.41) is 11.0. The first kappa shape index (κ1) is 16.8. The number of carbonyl (C=O) groups is 1. The normalized spacial score (nSPS) is 20.9. The zero-order chi connectivity index (χ0) is 17.2. The monoisotopic (exact) mass is 347 g/mol. The topological polar surface area (TPSA) is 82.5 Å². The lowest BCUT2D eigenvalue weighted by atomic mass is 9.92. The van der Waals surface area contributed by atoms with Gasteiger partial charge in [0.1, 0.15) is 17.0 Å². The number of β-amino-alcohol motifs (C(OH)–C–C–N with tert-alkyl or cyclic N) is 1. The minimum Gasteiger partial charge on any atom is -0.386 e. The Hall–Kier alpha value is -2.06. The minimum absolute atomic E-state index is 0.110. The van der Waals surface area contributed by atoms with Crippen LogP contribution in [0, 0.1) is 6.92 Å². The van der Waals surface area contributed by atoms with Gasteiger partial charge in [-0.3, -0.25) is 9.78 Å². The van der Waals surface area contributed by atoms with Crippen molar-refractivity contribution in [1.29, 1.82) is 0 Å². The van der Waals surface area contributed by atoms with E-state index in [1.54, 1.807) is 23.7 Å². The molecule has 1 atom stereocenters. The first-order valence-electron chi connectivity index (χ1n) is 7.87. The summed E-state index contributed by atoms with van der Waals surface area (Å²) in [7, 11) is 1.72. The van der Waals surface area contributed by atoms with E-state index in [0.29, 0.717) is 17.8 Å². The van der Waals surface area contributed by atoms with Gasteiger partial charge in [0.25, 0.3) is 5.91 Å². The van der Waals surface area contributed by atoms with Gasteiger partial charge in [0.05, 0.1) is 23.9 Å². The number of piperidine rings is 1. The molecule has 128 valence electrons. The van der Waals surface area contributed by atoms with Gasteiger partial charge in [-0.25, -0.2) is 9.97 Å². The number of aliphatic hydroxyl groups is 1. The number of likely N-dealkylation sites (N-methyl/N-ethyl adjacent to an activating group) is 1. The molecule has 0 aliphatic carbocycles. The van der Waals surface area contributed by atoms with E-state index in [1.807, 2.05) is 13.0 Å². The largest absolute Gasteiger partial charge is 0.386 e. The molecule has 1 aliphatic heterocycles. The molecule has 3 heterocycles. The van der Waals surface area contributed by atoms with Crippen molar-refractivity contribution in [2.45, 2.75) is 25.4 Å². The van der Waals surface area contributed by atoms with E-state index in [0.717, 1.165) is 24.5 Å². The van der Waals surface area contributed by atoms with Crippen LogP contribution in [0.3, 0.4) is 0 Å². The van der Waals surface area contributed by atoms with E-state index in [2.05, 4.69) is 19.9 Å². The van der Waals surface area contributed by atoms with Crippen molar-refractivity contribution < 1.29 is 9.90 Å². The van der Waals surface area contributed by atoms with Crippen LogP contribution in [0.4, 0.5) is 5.82 Å². The molecular formula is C16H21N5O2S. The van der Waals surface area contributed by atoms with E-state index >= 15 is 0 Å².